The van der Waals surface area contributed by atoms with Crippen molar-refractivity contribution in [2.24, 2.45) is 4.99 Å². The van der Waals surface area contributed by atoms with E-state index in [1.807, 2.05) is 6.92 Å². The van der Waals surface area contributed by atoms with Gasteiger partial charge in [0, 0.05) is 18.8 Å². The minimum Gasteiger partial charge on any atom is -0.269 e. The molecule has 0 fully saturated rings. The zero-order valence-electron chi connectivity index (χ0n) is 12.3. The second kappa shape index (κ2) is 7.13. The highest BCUT2D eigenvalue weighted by molar-refractivity contribution is 6.35. The summed E-state index contributed by atoms with van der Waals surface area (Å²) in [5.74, 6) is 0.130. The van der Waals surface area contributed by atoms with Crippen LogP contribution in [0.15, 0.2) is 46.1 Å². The normalized spacial score (nSPS) is 12.8. The number of aromatic nitrogens is 2. The summed E-state index contributed by atoms with van der Waals surface area (Å²) in [4.78, 5) is 20.8. The van der Waals surface area contributed by atoms with Crippen LogP contribution in [0.1, 0.15) is 19.7 Å². The average molecular weight is 320 g/mol. The number of aryl methyl sites for hydroxylation is 1. The Kier molecular flexibility index (Phi) is 5.22. The number of rotatable bonds is 4. The summed E-state index contributed by atoms with van der Waals surface area (Å²) in [6, 6.07) is 5.14. The third-order valence-electron chi connectivity index (χ3n) is 3.04. The summed E-state index contributed by atoms with van der Waals surface area (Å²) in [5.41, 5.74) is 0.285. The van der Waals surface area contributed by atoms with Gasteiger partial charge in [-0.25, -0.2) is 9.37 Å². The van der Waals surface area contributed by atoms with Gasteiger partial charge in [-0.3, -0.25) is 14.4 Å². The lowest BCUT2D eigenvalue weighted by atomic mass is 10.2. The van der Waals surface area contributed by atoms with Crippen molar-refractivity contribution in [3.8, 4) is 0 Å². The molecule has 0 spiro atoms. The molecule has 0 saturated heterocycles. The minimum absolute atomic E-state index is 0.273. The van der Waals surface area contributed by atoms with E-state index in [2.05, 4.69) is 9.98 Å². The highest BCUT2D eigenvalue weighted by Gasteiger charge is 2.10. The summed E-state index contributed by atoms with van der Waals surface area (Å²) >= 11 is 6.09. The van der Waals surface area contributed by atoms with Crippen molar-refractivity contribution in [2.45, 2.75) is 20.3 Å². The topological polar surface area (TPSA) is 47.2 Å². The second-order valence-electron chi connectivity index (χ2n) is 4.44. The van der Waals surface area contributed by atoms with Gasteiger partial charge in [0.1, 0.15) is 11.7 Å². The first kappa shape index (κ1) is 16.1. The van der Waals surface area contributed by atoms with Crippen molar-refractivity contribution in [1.29, 1.82) is 0 Å². The van der Waals surface area contributed by atoms with E-state index in [0.29, 0.717) is 28.2 Å². The molecule has 1 aromatic heterocycles. The van der Waals surface area contributed by atoms with Crippen molar-refractivity contribution in [3.63, 3.8) is 0 Å². The Hall–Kier alpha value is -2.27. The Labute approximate surface area is 132 Å². The molecule has 0 N–H and O–H groups in total. The zero-order valence-corrected chi connectivity index (χ0v) is 13.0. The summed E-state index contributed by atoms with van der Waals surface area (Å²) < 4.78 is 14.3. The predicted octanol–water partition coefficient (Wildman–Crippen LogP) is 3.98. The van der Waals surface area contributed by atoms with Gasteiger partial charge < -0.3 is 0 Å². The number of halogens is 2. The lowest BCUT2D eigenvalue weighted by molar-refractivity contribution is 0.684. The van der Waals surface area contributed by atoms with Crippen LogP contribution in [0.25, 0.3) is 17.1 Å². The quantitative estimate of drug-likeness (QED) is 0.800. The summed E-state index contributed by atoms with van der Waals surface area (Å²) in [7, 11) is 0. The molecular formula is C16H15ClFN3O. The van der Waals surface area contributed by atoms with Crippen LogP contribution in [0.5, 0.6) is 0 Å². The molecule has 0 saturated carbocycles. The van der Waals surface area contributed by atoms with Crippen LogP contribution in [0.3, 0.4) is 0 Å². The smallest absolute Gasteiger partial charge is 0.267 e. The second-order valence-corrected chi connectivity index (χ2v) is 4.85. The van der Waals surface area contributed by atoms with Gasteiger partial charge in [-0.05, 0) is 19.1 Å². The van der Waals surface area contributed by atoms with E-state index >= 15 is 0 Å². The number of hydrogen-bond acceptors (Lipinski definition) is 3. The van der Waals surface area contributed by atoms with Crippen molar-refractivity contribution in [3.05, 3.63) is 57.5 Å². The maximum absolute atomic E-state index is 12.9. The van der Waals surface area contributed by atoms with Crippen LogP contribution in [0, 0.1) is 0 Å². The fraction of sp³-hybridized carbons (Fsp3) is 0.188. The Balaban J connectivity index is 2.55. The van der Waals surface area contributed by atoms with Crippen LogP contribution in [-0.2, 0) is 6.42 Å². The number of benzene rings is 1. The van der Waals surface area contributed by atoms with E-state index in [1.165, 1.54) is 23.0 Å². The van der Waals surface area contributed by atoms with Gasteiger partial charge in [0.2, 0.25) is 0 Å². The van der Waals surface area contributed by atoms with E-state index in [0.717, 1.165) is 6.21 Å². The van der Waals surface area contributed by atoms with Gasteiger partial charge in [0.25, 0.3) is 5.56 Å². The van der Waals surface area contributed by atoms with Crippen LogP contribution in [-0.4, -0.2) is 15.8 Å². The molecule has 6 heteroatoms. The first-order valence-corrected chi connectivity index (χ1v) is 7.17. The van der Waals surface area contributed by atoms with Crippen LogP contribution >= 0.6 is 11.6 Å². The van der Waals surface area contributed by atoms with Crippen LogP contribution < -0.4 is 5.56 Å². The predicted molar refractivity (Wildman–Crippen MR) is 89.1 cm³/mol. The third-order valence-corrected chi connectivity index (χ3v) is 3.36. The lowest BCUT2D eigenvalue weighted by Gasteiger charge is -2.08. The molecule has 1 aromatic carbocycles. The highest BCUT2D eigenvalue weighted by Crippen LogP contribution is 2.18. The highest BCUT2D eigenvalue weighted by atomic mass is 35.5. The molecule has 0 unspecified atom stereocenters. The molecule has 1 heterocycles. The standard InChI is InChI=1S/C16H15ClFN3O/c1-3-11(18)10-19-8-9-21-14(4-2)20-13-7-5-6-12(17)15(13)16(21)22/h3,5-10H,4H2,1-2H3. The Bertz CT molecular complexity index is 837. The third kappa shape index (κ3) is 3.31. The summed E-state index contributed by atoms with van der Waals surface area (Å²) in [6.45, 7) is 3.46. The van der Waals surface area contributed by atoms with Crippen molar-refractivity contribution >= 4 is 34.9 Å². The summed E-state index contributed by atoms with van der Waals surface area (Å²) in [6.07, 6.45) is 5.71. The van der Waals surface area contributed by atoms with Crippen LogP contribution in [0.2, 0.25) is 5.02 Å². The molecule has 2 aromatic rings. The number of aliphatic imine (C=N–C) groups is 1. The zero-order chi connectivity index (χ0) is 16.1. The van der Waals surface area contributed by atoms with Crippen LogP contribution in [0.4, 0.5) is 4.39 Å². The van der Waals surface area contributed by atoms with Gasteiger partial charge in [0.15, 0.2) is 0 Å². The average Bonchev–Trinajstić information content (AvgIpc) is 2.52. The molecule has 0 amide bonds. The molecule has 114 valence electrons. The van der Waals surface area contributed by atoms with E-state index in [-0.39, 0.29) is 5.56 Å². The number of hydrogen-bond donors (Lipinski definition) is 0. The summed E-state index contributed by atoms with van der Waals surface area (Å²) in [5, 5.41) is 0.706. The molecule has 0 aliphatic heterocycles. The van der Waals surface area contributed by atoms with Gasteiger partial charge in [-0.15, -0.1) is 0 Å². The Morgan fingerprint density at radius 3 is 2.95 bits per heavy atom. The molecule has 0 bridgehead atoms. The first-order chi connectivity index (χ1) is 10.6. The lowest BCUT2D eigenvalue weighted by Crippen LogP contribution is -2.21. The molecule has 0 radical (unpaired) electrons. The number of fused-ring (bicyclic) bond motifs is 1. The van der Waals surface area contributed by atoms with Crippen molar-refractivity contribution in [1.82, 2.24) is 9.55 Å². The van der Waals surface area contributed by atoms with Crippen molar-refractivity contribution in [2.75, 3.05) is 0 Å². The fourth-order valence-electron chi connectivity index (χ4n) is 1.95. The van der Waals surface area contributed by atoms with Gasteiger partial charge in [-0.1, -0.05) is 30.7 Å². The SMILES string of the molecule is CC=C(F)C=NC=Cn1c(CC)nc2cccc(Cl)c2c1=O. The molecule has 0 atom stereocenters. The first-order valence-electron chi connectivity index (χ1n) is 6.79. The van der Waals surface area contributed by atoms with Gasteiger partial charge in [0.05, 0.1) is 22.1 Å². The Morgan fingerprint density at radius 2 is 2.27 bits per heavy atom. The largest absolute Gasteiger partial charge is 0.269 e. The number of nitrogens with zero attached hydrogens (tertiary/aromatic N) is 3. The van der Waals surface area contributed by atoms with Gasteiger partial charge in [-0.2, -0.15) is 0 Å². The maximum atomic E-state index is 12.9. The molecular weight excluding hydrogens is 305 g/mol. The van der Waals surface area contributed by atoms with Crippen molar-refractivity contribution < 1.29 is 4.39 Å². The molecule has 22 heavy (non-hydrogen) atoms. The fourth-order valence-corrected chi connectivity index (χ4v) is 2.20. The van der Waals surface area contributed by atoms with E-state index in [9.17, 15) is 9.18 Å². The van der Waals surface area contributed by atoms with Gasteiger partial charge >= 0.3 is 0 Å². The van der Waals surface area contributed by atoms with E-state index in [1.54, 1.807) is 25.1 Å². The molecule has 2 rings (SSSR count). The van der Waals surface area contributed by atoms with E-state index < -0.39 is 5.83 Å². The maximum Gasteiger partial charge on any atom is 0.267 e. The molecule has 4 nitrogen and oxygen atoms in total. The molecule has 0 aliphatic carbocycles. The Morgan fingerprint density at radius 1 is 1.50 bits per heavy atom. The van der Waals surface area contributed by atoms with E-state index in [4.69, 9.17) is 11.6 Å². The monoisotopic (exact) mass is 319 g/mol. The minimum atomic E-state index is -0.451. The molecule has 0 aliphatic rings. The number of allylic oxidation sites excluding steroid dienone is 2.